The molecule has 1 heterocycles. The number of hydrogen-bond donors (Lipinski definition) is 1. The Balaban J connectivity index is 1.82. The van der Waals surface area contributed by atoms with E-state index in [1.165, 1.54) is 32.1 Å². The van der Waals surface area contributed by atoms with Gasteiger partial charge in [-0.3, -0.25) is 0 Å². The van der Waals surface area contributed by atoms with Gasteiger partial charge < -0.3 is 15.4 Å². The molecular formula is C15H30N2O. The summed E-state index contributed by atoms with van der Waals surface area (Å²) in [5, 5.41) is 0. The normalized spacial score (nSPS) is 37.3. The second-order valence-electron chi connectivity index (χ2n) is 6.50. The lowest BCUT2D eigenvalue weighted by Gasteiger charge is -2.39. The number of nitrogens with two attached hydrogens (primary N) is 1. The molecule has 0 aromatic heterocycles. The Kier molecular flexibility index (Phi) is 5.05. The molecule has 0 amide bonds. The van der Waals surface area contributed by atoms with Crippen LogP contribution in [0.5, 0.6) is 0 Å². The fourth-order valence-electron chi connectivity index (χ4n) is 3.65. The molecule has 0 bridgehead atoms. The molecule has 1 saturated heterocycles. The van der Waals surface area contributed by atoms with Crippen LogP contribution in [0, 0.1) is 11.3 Å². The highest BCUT2D eigenvalue weighted by Gasteiger charge is 2.36. The van der Waals surface area contributed by atoms with Gasteiger partial charge in [-0.1, -0.05) is 13.3 Å². The fraction of sp³-hybridized carbons (Fsp3) is 1.00. The van der Waals surface area contributed by atoms with Gasteiger partial charge in [0.15, 0.2) is 0 Å². The largest absolute Gasteiger partial charge is 0.381 e. The van der Waals surface area contributed by atoms with E-state index in [-0.39, 0.29) is 5.41 Å². The Morgan fingerprint density at radius 1 is 1.28 bits per heavy atom. The maximum atomic E-state index is 5.98. The van der Waals surface area contributed by atoms with E-state index in [9.17, 15) is 0 Å². The fourth-order valence-corrected chi connectivity index (χ4v) is 3.65. The van der Waals surface area contributed by atoms with E-state index in [1.807, 2.05) is 0 Å². The predicted octanol–water partition coefficient (Wildman–Crippen LogP) is 2.25. The first-order chi connectivity index (χ1) is 8.69. The Morgan fingerprint density at radius 3 is 2.50 bits per heavy atom. The third-order valence-electron chi connectivity index (χ3n) is 5.22. The summed E-state index contributed by atoms with van der Waals surface area (Å²) in [5.41, 5.74) is 6.22. The highest BCUT2D eigenvalue weighted by Crippen LogP contribution is 2.33. The van der Waals surface area contributed by atoms with Gasteiger partial charge in [0, 0.05) is 31.2 Å². The van der Waals surface area contributed by atoms with Crippen molar-refractivity contribution in [3.05, 3.63) is 0 Å². The number of ether oxygens (including phenoxy) is 1. The summed E-state index contributed by atoms with van der Waals surface area (Å²) < 4.78 is 5.57. The zero-order valence-corrected chi connectivity index (χ0v) is 12.2. The topological polar surface area (TPSA) is 38.5 Å². The van der Waals surface area contributed by atoms with Gasteiger partial charge in [-0.25, -0.2) is 0 Å². The number of nitrogens with zero attached hydrogens (tertiary/aromatic N) is 1. The molecule has 1 saturated carbocycles. The van der Waals surface area contributed by atoms with E-state index in [1.54, 1.807) is 0 Å². The first-order valence-electron chi connectivity index (χ1n) is 7.67. The van der Waals surface area contributed by atoms with Gasteiger partial charge >= 0.3 is 0 Å². The Morgan fingerprint density at radius 2 is 2.00 bits per heavy atom. The molecule has 3 nitrogen and oxygen atoms in total. The molecule has 0 spiro atoms. The van der Waals surface area contributed by atoms with Gasteiger partial charge in [0.1, 0.15) is 0 Å². The predicted molar refractivity (Wildman–Crippen MR) is 75.6 cm³/mol. The van der Waals surface area contributed by atoms with Crippen molar-refractivity contribution >= 4 is 0 Å². The molecule has 2 N–H and O–H groups in total. The molecule has 1 aliphatic carbocycles. The Hall–Kier alpha value is -0.120. The van der Waals surface area contributed by atoms with Crippen LogP contribution in [-0.2, 0) is 4.74 Å². The van der Waals surface area contributed by atoms with E-state index in [2.05, 4.69) is 18.9 Å². The van der Waals surface area contributed by atoms with Crippen LogP contribution in [0.15, 0.2) is 0 Å². The zero-order chi connectivity index (χ0) is 13.0. The van der Waals surface area contributed by atoms with Crippen molar-refractivity contribution in [3.63, 3.8) is 0 Å². The monoisotopic (exact) mass is 254 g/mol. The van der Waals surface area contributed by atoms with Gasteiger partial charge in [0.05, 0.1) is 6.61 Å². The molecule has 106 valence electrons. The molecule has 0 radical (unpaired) electrons. The van der Waals surface area contributed by atoms with Crippen molar-refractivity contribution in [2.75, 3.05) is 33.4 Å². The maximum Gasteiger partial charge on any atom is 0.0547 e. The summed E-state index contributed by atoms with van der Waals surface area (Å²) >= 11 is 0. The molecule has 0 aromatic carbocycles. The van der Waals surface area contributed by atoms with Gasteiger partial charge in [-0.2, -0.15) is 0 Å². The van der Waals surface area contributed by atoms with Crippen molar-refractivity contribution in [3.8, 4) is 0 Å². The second-order valence-corrected chi connectivity index (χ2v) is 6.50. The summed E-state index contributed by atoms with van der Waals surface area (Å²) in [6.45, 7) is 5.96. The standard InChI is InChI=1S/C15H30N2O/c1-3-13-4-6-14(7-5-13)17(2)11-15(10-16)8-9-18-12-15/h13-14H,3-12,16H2,1-2H3. The number of hydrogen-bond acceptors (Lipinski definition) is 3. The molecule has 18 heavy (non-hydrogen) atoms. The van der Waals surface area contributed by atoms with Crippen molar-refractivity contribution < 1.29 is 4.74 Å². The first-order valence-corrected chi connectivity index (χ1v) is 7.67. The van der Waals surface area contributed by atoms with Crippen LogP contribution in [0.4, 0.5) is 0 Å². The van der Waals surface area contributed by atoms with Gasteiger partial charge in [-0.05, 0) is 45.1 Å². The quantitative estimate of drug-likeness (QED) is 0.818. The molecular weight excluding hydrogens is 224 g/mol. The minimum atomic E-state index is 0.232. The lowest BCUT2D eigenvalue weighted by Crippen LogP contribution is -2.46. The molecule has 1 unspecified atom stereocenters. The van der Waals surface area contributed by atoms with Crippen LogP contribution in [0.3, 0.4) is 0 Å². The number of rotatable bonds is 5. The Labute approximate surface area is 112 Å². The molecule has 1 atom stereocenters. The van der Waals surface area contributed by atoms with E-state index in [0.717, 1.165) is 44.7 Å². The van der Waals surface area contributed by atoms with Gasteiger partial charge in [0.25, 0.3) is 0 Å². The summed E-state index contributed by atoms with van der Waals surface area (Å²) in [7, 11) is 2.28. The molecule has 0 aromatic rings. The zero-order valence-electron chi connectivity index (χ0n) is 12.2. The maximum absolute atomic E-state index is 5.98. The molecule has 2 aliphatic rings. The van der Waals surface area contributed by atoms with Gasteiger partial charge in [0.2, 0.25) is 0 Å². The summed E-state index contributed by atoms with van der Waals surface area (Å²) in [5.74, 6) is 0.980. The molecule has 2 rings (SSSR count). The summed E-state index contributed by atoms with van der Waals surface area (Å²) in [4.78, 5) is 2.56. The van der Waals surface area contributed by atoms with E-state index in [0.29, 0.717) is 0 Å². The van der Waals surface area contributed by atoms with Crippen LogP contribution < -0.4 is 5.73 Å². The van der Waals surface area contributed by atoms with Gasteiger partial charge in [-0.15, -0.1) is 0 Å². The van der Waals surface area contributed by atoms with Crippen molar-refractivity contribution in [1.29, 1.82) is 0 Å². The second kappa shape index (κ2) is 6.36. The van der Waals surface area contributed by atoms with E-state index >= 15 is 0 Å². The molecule has 1 aliphatic heterocycles. The van der Waals surface area contributed by atoms with Crippen LogP contribution in [0.25, 0.3) is 0 Å². The lowest BCUT2D eigenvalue weighted by molar-refractivity contribution is 0.0871. The van der Waals surface area contributed by atoms with Crippen molar-refractivity contribution in [1.82, 2.24) is 4.90 Å². The van der Waals surface area contributed by atoms with E-state index < -0.39 is 0 Å². The van der Waals surface area contributed by atoms with Crippen LogP contribution >= 0.6 is 0 Å². The van der Waals surface area contributed by atoms with Crippen LogP contribution in [0.2, 0.25) is 0 Å². The van der Waals surface area contributed by atoms with Crippen molar-refractivity contribution in [2.45, 2.75) is 51.5 Å². The average molecular weight is 254 g/mol. The highest BCUT2D eigenvalue weighted by atomic mass is 16.5. The van der Waals surface area contributed by atoms with Crippen LogP contribution in [-0.4, -0.2) is 44.3 Å². The molecule has 2 fully saturated rings. The van der Waals surface area contributed by atoms with Crippen LogP contribution in [0.1, 0.15) is 45.4 Å². The smallest absolute Gasteiger partial charge is 0.0547 e. The van der Waals surface area contributed by atoms with E-state index in [4.69, 9.17) is 10.5 Å². The minimum Gasteiger partial charge on any atom is -0.381 e. The minimum absolute atomic E-state index is 0.232. The van der Waals surface area contributed by atoms with Crippen molar-refractivity contribution in [2.24, 2.45) is 17.1 Å². The Bertz CT molecular complexity index is 243. The third kappa shape index (κ3) is 3.25. The third-order valence-corrected chi connectivity index (χ3v) is 5.22. The lowest BCUT2D eigenvalue weighted by atomic mass is 9.82. The highest BCUT2D eigenvalue weighted by molar-refractivity contribution is 4.89. The average Bonchev–Trinajstić information content (AvgIpc) is 2.88. The first kappa shape index (κ1) is 14.3. The summed E-state index contributed by atoms with van der Waals surface area (Å²) in [6, 6.07) is 0.775. The molecule has 3 heteroatoms. The SMILES string of the molecule is CCC1CCC(N(C)CC2(CN)CCOC2)CC1. The summed E-state index contributed by atoms with van der Waals surface area (Å²) in [6.07, 6.45) is 8.07.